The van der Waals surface area contributed by atoms with E-state index in [4.69, 9.17) is 4.74 Å². The monoisotopic (exact) mass is 349 g/mol. The molecule has 0 unspecified atom stereocenters. The van der Waals surface area contributed by atoms with E-state index in [9.17, 15) is 0 Å². The Bertz CT molecular complexity index is 1020. The van der Waals surface area contributed by atoms with E-state index < -0.39 is 0 Å². The predicted molar refractivity (Wildman–Crippen MR) is 98.8 cm³/mol. The standard InChI is InChI=1S/C18H15N5OS/c1-12-19-11-10-15(20-12)23(2)18-21-14-8-9-16(22-17(14)25-18)24-13-6-4-3-5-7-13/h3-11H,1-2H3. The number of benzene rings is 1. The average molecular weight is 349 g/mol. The van der Waals surface area contributed by atoms with Crippen molar-refractivity contribution in [3.05, 3.63) is 60.6 Å². The highest BCUT2D eigenvalue weighted by Crippen LogP contribution is 2.32. The molecule has 0 fully saturated rings. The van der Waals surface area contributed by atoms with Gasteiger partial charge in [-0.05, 0) is 31.2 Å². The Balaban J connectivity index is 1.64. The molecule has 0 radical (unpaired) electrons. The molecule has 3 aromatic heterocycles. The number of nitrogens with zero attached hydrogens (tertiary/aromatic N) is 5. The zero-order valence-electron chi connectivity index (χ0n) is 13.7. The summed E-state index contributed by atoms with van der Waals surface area (Å²) in [6.45, 7) is 1.87. The van der Waals surface area contributed by atoms with Crippen molar-refractivity contribution in [3.63, 3.8) is 0 Å². The first kappa shape index (κ1) is 15.5. The third kappa shape index (κ3) is 3.27. The van der Waals surface area contributed by atoms with E-state index in [-0.39, 0.29) is 0 Å². The first-order chi connectivity index (χ1) is 12.2. The van der Waals surface area contributed by atoms with Gasteiger partial charge in [0.2, 0.25) is 5.88 Å². The molecule has 0 aliphatic heterocycles. The number of fused-ring (bicyclic) bond motifs is 1. The van der Waals surface area contributed by atoms with Crippen molar-refractivity contribution < 1.29 is 4.74 Å². The van der Waals surface area contributed by atoms with Crippen molar-refractivity contribution in [2.24, 2.45) is 0 Å². The molecule has 6 nitrogen and oxygen atoms in total. The van der Waals surface area contributed by atoms with Gasteiger partial charge in [0.05, 0.1) is 0 Å². The summed E-state index contributed by atoms with van der Waals surface area (Å²) in [5, 5.41) is 0.817. The van der Waals surface area contributed by atoms with Gasteiger partial charge in [0, 0.05) is 19.3 Å². The molecule has 0 aliphatic rings. The van der Waals surface area contributed by atoms with Crippen molar-refractivity contribution >= 4 is 32.6 Å². The van der Waals surface area contributed by atoms with Crippen LogP contribution < -0.4 is 9.64 Å². The number of hydrogen-bond acceptors (Lipinski definition) is 7. The maximum atomic E-state index is 5.79. The molecule has 4 aromatic rings. The zero-order chi connectivity index (χ0) is 17.2. The molecule has 0 aliphatic carbocycles. The summed E-state index contributed by atoms with van der Waals surface area (Å²) in [4.78, 5) is 20.5. The molecule has 1 aromatic carbocycles. The molecule has 4 rings (SSSR count). The number of aromatic nitrogens is 4. The Kier molecular flexibility index (Phi) is 3.99. The Labute approximate surface area is 148 Å². The molecule has 0 N–H and O–H groups in total. The number of para-hydroxylation sites is 1. The van der Waals surface area contributed by atoms with Crippen LogP contribution in [0, 0.1) is 6.92 Å². The summed E-state index contributed by atoms with van der Waals surface area (Å²) in [7, 11) is 1.93. The van der Waals surface area contributed by atoms with Crippen LogP contribution in [0.5, 0.6) is 11.6 Å². The Morgan fingerprint density at radius 2 is 1.80 bits per heavy atom. The van der Waals surface area contributed by atoms with Crippen LogP contribution in [0.2, 0.25) is 0 Å². The van der Waals surface area contributed by atoms with Gasteiger partial charge in [-0.1, -0.05) is 29.5 Å². The fourth-order valence-electron chi connectivity index (χ4n) is 2.33. The van der Waals surface area contributed by atoms with Gasteiger partial charge in [0.1, 0.15) is 27.7 Å². The smallest absolute Gasteiger partial charge is 0.220 e. The lowest BCUT2D eigenvalue weighted by molar-refractivity contribution is 0.465. The largest absolute Gasteiger partial charge is 0.439 e. The minimum atomic E-state index is 0.550. The summed E-state index contributed by atoms with van der Waals surface area (Å²) in [6.07, 6.45) is 1.74. The van der Waals surface area contributed by atoms with E-state index in [1.807, 2.05) is 67.4 Å². The van der Waals surface area contributed by atoms with Crippen molar-refractivity contribution in [2.45, 2.75) is 6.92 Å². The maximum absolute atomic E-state index is 5.79. The Morgan fingerprint density at radius 3 is 2.60 bits per heavy atom. The number of aryl methyl sites for hydroxylation is 1. The molecule has 124 valence electrons. The predicted octanol–water partition coefficient (Wildman–Crippen LogP) is 4.35. The highest BCUT2D eigenvalue weighted by Gasteiger charge is 2.13. The number of rotatable bonds is 4. The number of hydrogen-bond donors (Lipinski definition) is 0. The summed E-state index contributed by atoms with van der Waals surface area (Å²) < 4.78 is 5.79. The van der Waals surface area contributed by atoms with Gasteiger partial charge in [-0.2, -0.15) is 0 Å². The average Bonchev–Trinajstić information content (AvgIpc) is 3.05. The zero-order valence-corrected chi connectivity index (χ0v) is 14.6. The topological polar surface area (TPSA) is 64.0 Å². The quantitative estimate of drug-likeness (QED) is 0.546. The van der Waals surface area contributed by atoms with E-state index in [2.05, 4.69) is 19.9 Å². The van der Waals surface area contributed by atoms with Crippen LogP contribution in [0.15, 0.2) is 54.7 Å². The van der Waals surface area contributed by atoms with Crippen LogP contribution in [0.25, 0.3) is 10.3 Å². The number of thiazole rings is 1. The van der Waals surface area contributed by atoms with Gasteiger partial charge < -0.3 is 9.64 Å². The fraction of sp³-hybridized carbons (Fsp3) is 0.111. The molecule has 25 heavy (non-hydrogen) atoms. The number of pyridine rings is 1. The van der Waals surface area contributed by atoms with E-state index in [0.717, 1.165) is 32.9 Å². The molecular formula is C18H15N5OS. The third-order valence-corrected chi connectivity index (χ3v) is 4.62. The van der Waals surface area contributed by atoms with Gasteiger partial charge in [-0.15, -0.1) is 0 Å². The normalized spacial score (nSPS) is 10.8. The Hall–Kier alpha value is -3.06. The van der Waals surface area contributed by atoms with Crippen LogP contribution in [-0.4, -0.2) is 27.0 Å². The SMILES string of the molecule is Cc1nccc(N(C)c2nc3ccc(Oc4ccccc4)nc3s2)n1. The molecule has 0 saturated carbocycles. The van der Waals surface area contributed by atoms with Crippen LogP contribution in [0.4, 0.5) is 10.9 Å². The molecule has 0 amide bonds. The van der Waals surface area contributed by atoms with E-state index in [1.165, 1.54) is 11.3 Å². The first-order valence-electron chi connectivity index (χ1n) is 7.73. The summed E-state index contributed by atoms with van der Waals surface area (Å²) in [5.41, 5.74) is 0.832. The van der Waals surface area contributed by atoms with Crippen LogP contribution >= 0.6 is 11.3 Å². The van der Waals surface area contributed by atoms with Crippen LogP contribution in [-0.2, 0) is 0 Å². The van der Waals surface area contributed by atoms with Crippen molar-refractivity contribution in [3.8, 4) is 11.6 Å². The van der Waals surface area contributed by atoms with Crippen molar-refractivity contribution in [1.82, 2.24) is 19.9 Å². The molecule has 7 heteroatoms. The molecule has 0 saturated heterocycles. The van der Waals surface area contributed by atoms with Crippen LogP contribution in [0.1, 0.15) is 5.82 Å². The van der Waals surface area contributed by atoms with Gasteiger partial charge in [0.15, 0.2) is 5.13 Å². The number of anilines is 2. The molecule has 3 heterocycles. The second-order valence-corrected chi connectivity index (χ2v) is 6.36. The third-order valence-electron chi connectivity index (χ3n) is 3.58. The minimum Gasteiger partial charge on any atom is -0.439 e. The maximum Gasteiger partial charge on any atom is 0.220 e. The second-order valence-electron chi connectivity index (χ2n) is 5.41. The molecule has 0 spiro atoms. The van der Waals surface area contributed by atoms with Crippen LogP contribution in [0.3, 0.4) is 0 Å². The second kappa shape index (κ2) is 6.45. The fourth-order valence-corrected chi connectivity index (χ4v) is 3.23. The highest BCUT2D eigenvalue weighted by molar-refractivity contribution is 7.21. The molecule has 0 bridgehead atoms. The van der Waals surface area contributed by atoms with E-state index >= 15 is 0 Å². The highest BCUT2D eigenvalue weighted by atomic mass is 32.1. The summed E-state index contributed by atoms with van der Waals surface area (Å²) in [6, 6.07) is 15.2. The van der Waals surface area contributed by atoms with Crippen molar-refractivity contribution in [1.29, 1.82) is 0 Å². The Morgan fingerprint density at radius 1 is 0.960 bits per heavy atom. The van der Waals surface area contributed by atoms with Crippen molar-refractivity contribution in [2.75, 3.05) is 11.9 Å². The molecule has 0 atom stereocenters. The van der Waals surface area contributed by atoms with Gasteiger partial charge in [0.25, 0.3) is 0 Å². The number of ether oxygens (including phenoxy) is 1. The van der Waals surface area contributed by atoms with Gasteiger partial charge in [-0.3, -0.25) is 0 Å². The first-order valence-corrected chi connectivity index (χ1v) is 8.54. The lowest BCUT2D eigenvalue weighted by atomic mass is 10.3. The lowest BCUT2D eigenvalue weighted by Gasteiger charge is -2.14. The van der Waals surface area contributed by atoms with E-state index in [0.29, 0.717) is 5.88 Å². The molecular weight excluding hydrogens is 334 g/mol. The lowest BCUT2D eigenvalue weighted by Crippen LogP contribution is -2.11. The summed E-state index contributed by atoms with van der Waals surface area (Å²) in [5.74, 6) is 2.83. The summed E-state index contributed by atoms with van der Waals surface area (Å²) >= 11 is 1.49. The minimum absolute atomic E-state index is 0.550. The van der Waals surface area contributed by atoms with E-state index in [1.54, 1.807) is 6.20 Å². The van der Waals surface area contributed by atoms with Gasteiger partial charge >= 0.3 is 0 Å². The van der Waals surface area contributed by atoms with Gasteiger partial charge in [-0.25, -0.2) is 19.9 Å².